The third-order valence-electron chi connectivity index (χ3n) is 4.42. The Morgan fingerprint density at radius 3 is 2.64 bits per heavy atom. The van der Waals surface area contributed by atoms with Gasteiger partial charge in [0.1, 0.15) is 11.4 Å². The second kappa shape index (κ2) is 8.34. The summed E-state index contributed by atoms with van der Waals surface area (Å²) >= 11 is 1.43. The number of rotatable bonds is 4. The summed E-state index contributed by atoms with van der Waals surface area (Å²) in [5.74, 6) is 0.614. The lowest BCUT2D eigenvalue weighted by atomic mass is 9.96. The molecule has 1 fully saturated rings. The average molecular weight is 406 g/mol. The molecule has 0 radical (unpaired) electrons. The summed E-state index contributed by atoms with van der Waals surface area (Å²) in [5, 5.41) is 3.51. The molecule has 3 rings (SSSR count). The van der Waals surface area contributed by atoms with Gasteiger partial charge in [-0.05, 0) is 58.7 Å². The highest BCUT2D eigenvalue weighted by Gasteiger charge is 2.30. The SMILES string of the molecule is CCOc1ccc2nc(NC(=O)C3CCN(C(=O)OC(C)(C)C)CC3)sc2c1. The van der Waals surface area contributed by atoms with Gasteiger partial charge in [-0.1, -0.05) is 11.3 Å². The van der Waals surface area contributed by atoms with Crippen molar-refractivity contribution in [2.45, 2.75) is 46.1 Å². The molecular weight excluding hydrogens is 378 g/mol. The number of hydrogen-bond acceptors (Lipinski definition) is 6. The van der Waals surface area contributed by atoms with Gasteiger partial charge in [-0.3, -0.25) is 4.79 Å². The number of benzene rings is 1. The predicted octanol–water partition coefficient (Wildman–Crippen LogP) is 4.28. The molecule has 1 saturated heterocycles. The van der Waals surface area contributed by atoms with Crippen LogP contribution >= 0.6 is 11.3 Å². The quantitative estimate of drug-likeness (QED) is 0.821. The Balaban J connectivity index is 1.56. The fourth-order valence-corrected chi connectivity index (χ4v) is 3.97. The maximum Gasteiger partial charge on any atom is 0.410 e. The molecule has 8 heteroatoms. The molecule has 1 aliphatic heterocycles. The molecule has 0 atom stereocenters. The van der Waals surface area contributed by atoms with Crippen LogP contribution in [0.15, 0.2) is 18.2 Å². The Morgan fingerprint density at radius 1 is 1.29 bits per heavy atom. The van der Waals surface area contributed by atoms with Crippen LogP contribution in [0.5, 0.6) is 5.75 Å². The van der Waals surface area contributed by atoms with Crippen LogP contribution in [-0.2, 0) is 9.53 Å². The third-order valence-corrected chi connectivity index (χ3v) is 5.35. The molecule has 1 aromatic heterocycles. The zero-order valence-electron chi connectivity index (χ0n) is 16.8. The number of thiazole rings is 1. The largest absolute Gasteiger partial charge is 0.494 e. The van der Waals surface area contributed by atoms with Crippen LogP contribution in [0.25, 0.3) is 10.2 Å². The fraction of sp³-hybridized carbons (Fsp3) is 0.550. The van der Waals surface area contributed by atoms with E-state index < -0.39 is 5.60 Å². The van der Waals surface area contributed by atoms with Crippen LogP contribution in [0.4, 0.5) is 9.93 Å². The van der Waals surface area contributed by atoms with Crippen LogP contribution in [-0.4, -0.2) is 47.2 Å². The lowest BCUT2D eigenvalue weighted by Crippen LogP contribution is -2.43. The van der Waals surface area contributed by atoms with Gasteiger partial charge in [0.15, 0.2) is 5.13 Å². The number of amides is 2. The first-order valence-corrected chi connectivity index (χ1v) is 10.4. The monoisotopic (exact) mass is 405 g/mol. The van der Waals surface area contributed by atoms with E-state index in [1.54, 1.807) is 4.90 Å². The number of nitrogens with one attached hydrogen (secondary N) is 1. The smallest absolute Gasteiger partial charge is 0.410 e. The van der Waals surface area contributed by atoms with Gasteiger partial charge in [0, 0.05) is 19.0 Å². The number of carbonyl (C=O) groups excluding carboxylic acids is 2. The molecule has 2 aromatic rings. The number of hydrogen-bond donors (Lipinski definition) is 1. The molecule has 28 heavy (non-hydrogen) atoms. The van der Waals surface area contributed by atoms with Gasteiger partial charge in [0.2, 0.25) is 5.91 Å². The Morgan fingerprint density at radius 2 is 2.00 bits per heavy atom. The van der Waals surface area contributed by atoms with E-state index in [9.17, 15) is 9.59 Å². The van der Waals surface area contributed by atoms with Crippen molar-refractivity contribution in [3.05, 3.63) is 18.2 Å². The highest BCUT2D eigenvalue weighted by Crippen LogP contribution is 2.30. The van der Waals surface area contributed by atoms with E-state index in [-0.39, 0.29) is 17.9 Å². The van der Waals surface area contributed by atoms with Gasteiger partial charge in [0.25, 0.3) is 0 Å². The maximum atomic E-state index is 12.6. The van der Waals surface area contributed by atoms with Crippen molar-refractivity contribution >= 4 is 38.7 Å². The number of piperidine rings is 1. The first kappa shape index (κ1) is 20.4. The predicted molar refractivity (Wildman–Crippen MR) is 110 cm³/mol. The number of fused-ring (bicyclic) bond motifs is 1. The number of ether oxygens (including phenoxy) is 2. The van der Waals surface area contributed by atoms with Crippen molar-refractivity contribution in [2.24, 2.45) is 5.92 Å². The zero-order valence-corrected chi connectivity index (χ0v) is 17.6. The molecule has 0 bridgehead atoms. The average Bonchev–Trinajstić information content (AvgIpc) is 3.02. The third kappa shape index (κ3) is 5.13. The van der Waals surface area contributed by atoms with Crippen LogP contribution in [0.1, 0.15) is 40.5 Å². The Bertz CT molecular complexity index is 851. The van der Waals surface area contributed by atoms with Crippen LogP contribution in [0.3, 0.4) is 0 Å². The van der Waals surface area contributed by atoms with E-state index >= 15 is 0 Å². The molecule has 2 amide bonds. The summed E-state index contributed by atoms with van der Waals surface area (Å²) < 4.78 is 11.9. The molecule has 0 unspecified atom stereocenters. The van der Waals surface area contributed by atoms with E-state index in [2.05, 4.69) is 10.3 Å². The molecular formula is C20H27N3O4S. The summed E-state index contributed by atoms with van der Waals surface area (Å²) in [7, 11) is 0. The van der Waals surface area contributed by atoms with Gasteiger partial charge < -0.3 is 19.7 Å². The minimum Gasteiger partial charge on any atom is -0.494 e. The topological polar surface area (TPSA) is 80.8 Å². The van der Waals surface area contributed by atoms with E-state index in [4.69, 9.17) is 9.47 Å². The van der Waals surface area contributed by atoms with Gasteiger partial charge in [0.05, 0.1) is 16.8 Å². The standard InChI is InChI=1S/C20H27N3O4S/c1-5-26-14-6-7-15-16(12-14)28-18(21-15)22-17(24)13-8-10-23(11-9-13)19(25)27-20(2,3)4/h6-7,12-13H,5,8-11H2,1-4H3,(H,21,22,24). The molecule has 1 N–H and O–H groups in total. The second-order valence-electron chi connectivity index (χ2n) is 7.81. The molecule has 7 nitrogen and oxygen atoms in total. The van der Waals surface area contributed by atoms with E-state index in [0.717, 1.165) is 16.0 Å². The molecule has 152 valence electrons. The van der Waals surface area contributed by atoms with Gasteiger partial charge >= 0.3 is 6.09 Å². The van der Waals surface area contributed by atoms with Crippen molar-refractivity contribution in [1.82, 2.24) is 9.88 Å². The lowest BCUT2D eigenvalue weighted by molar-refractivity contribution is -0.121. The highest BCUT2D eigenvalue weighted by atomic mass is 32.1. The Kier molecular flexibility index (Phi) is 6.07. The van der Waals surface area contributed by atoms with Crippen molar-refractivity contribution in [3.63, 3.8) is 0 Å². The zero-order chi connectivity index (χ0) is 20.3. The molecule has 0 aliphatic carbocycles. The first-order chi connectivity index (χ1) is 13.2. The van der Waals surface area contributed by atoms with Crippen molar-refractivity contribution in [3.8, 4) is 5.75 Å². The van der Waals surface area contributed by atoms with Crippen LogP contribution < -0.4 is 10.1 Å². The molecule has 1 aliphatic rings. The first-order valence-electron chi connectivity index (χ1n) is 9.57. The number of likely N-dealkylation sites (tertiary alicyclic amines) is 1. The molecule has 0 saturated carbocycles. The summed E-state index contributed by atoms with van der Waals surface area (Å²) in [5.41, 5.74) is 0.323. The van der Waals surface area contributed by atoms with Gasteiger partial charge in [-0.25, -0.2) is 9.78 Å². The second-order valence-corrected chi connectivity index (χ2v) is 8.84. The molecule has 1 aromatic carbocycles. The Hall–Kier alpha value is -2.35. The van der Waals surface area contributed by atoms with E-state index in [1.807, 2.05) is 45.9 Å². The van der Waals surface area contributed by atoms with Crippen molar-refractivity contribution < 1.29 is 19.1 Å². The van der Waals surface area contributed by atoms with E-state index in [1.165, 1.54) is 11.3 Å². The summed E-state index contributed by atoms with van der Waals surface area (Å²) in [6.07, 6.45) is 0.914. The number of aromatic nitrogens is 1. The minimum absolute atomic E-state index is 0.0482. The highest BCUT2D eigenvalue weighted by molar-refractivity contribution is 7.22. The van der Waals surface area contributed by atoms with Gasteiger partial charge in [-0.2, -0.15) is 0 Å². The van der Waals surface area contributed by atoms with Crippen molar-refractivity contribution in [1.29, 1.82) is 0 Å². The maximum absolute atomic E-state index is 12.6. The Labute approximate surface area is 169 Å². The normalized spacial score (nSPS) is 15.5. The summed E-state index contributed by atoms with van der Waals surface area (Å²) in [6, 6.07) is 5.71. The number of nitrogens with zero attached hydrogens (tertiary/aromatic N) is 2. The summed E-state index contributed by atoms with van der Waals surface area (Å²) in [4.78, 5) is 30.9. The fourth-order valence-electron chi connectivity index (χ4n) is 3.07. The van der Waals surface area contributed by atoms with Crippen molar-refractivity contribution in [2.75, 3.05) is 25.0 Å². The summed E-state index contributed by atoms with van der Waals surface area (Å²) in [6.45, 7) is 9.13. The molecule has 0 spiro atoms. The number of carbonyl (C=O) groups is 2. The number of anilines is 1. The molecule has 2 heterocycles. The van der Waals surface area contributed by atoms with Gasteiger partial charge in [-0.15, -0.1) is 0 Å². The van der Waals surface area contributed by atoms with E-state index in [0.29, 0.717) is 37.7 Å². The van der Waals surface area contributed by atoms with Crippen LogP contribution in [0.2, 0.25) is 0 Å². The van der Waals surface area contributed by atoms with Crippen LogP contribution in [0, 0.1) is 5.92 Å². The lowest BCUT2D eigenvalue weighted by Gasteiger charge is -2.32. The minimum atomic E-state index is -0.514.